The fourth-order valence-electron chi connectivity index (χ4n) is 2.29. The third-order valence-corrected chi connectivity index (χ3v) is 4.67. The normalized spacial score (nSPS) is 10.9. The number of aromatic nitrogens is 1. The predicted molar refractivity (Wildman–Crippen MR) is 92.6 cm³/mol. The zero-order valence-electron chi connectivity index (χ0n) is 12.9. The van der Waals surface area contributed by atoms with Crippen LogP contribution in [0.15, 0.2) is 36.4 Å². The maximum absolute atomic E-state index is 12.1. The predicted octanol–water partition coefficient (Wildman–Crippen LogP) is 4.40. The number of carbonyl (C=O) groups excluding carboxylic acids is 1. The smallest absolute Gasteiger partial charge is 0.230 e. The Morgan fingerprint density at radius 3 is 2.50 bits per heavy atom. The van der Waals surface area contributed by atoms with Crippen LogP contribution < -0.4 is 5.32 Å². The summed E-state index contributed by atoms with van der Waals surface area (Å²) < 4.78 is 1.11. The molecule has 3 aromatic rings. The van der Waals surface area contributed by atoms with Crippen LogP contribution in [0.5, 0.6) is 0 Å². The van der Waals surface area contributed by atoms with Crippen LogP contribution in [0.25, 0.3) is 10.2 Å². The molecule has 0 atom stereocenters. The summed E-state index contributed by atoms with van der Waals surface area (Å²) in [5.41, 5.74) is 5.61. The van der Waals surface area contributed by atoms with E-state index in [1.165, 1.54) is 28.0 Å². The Balaban J connectivity index is 1.75. The zero-order chi connectivity index (χ0) is 15.7. The first-order valence-corrected chi connectivity index (χ1v) is 8.06. The number of benzene rings is 2. The van der Waals surface area contributed by atoms with Gasteiger partial charge < -0.3 is 5.32 Å². The van der Waals surface area contributed by atoms with E-state index in [1.807, 2.05) is 31.2 Å². The van der Waals surface area contributed by atoms with Gasteiger partial charge >= 0.3 is 0 Å². The summed E-state index contributed by atoms with van der Waals surface area (Å²) in [4.78, 5) is 16.6. The maximum atomic E-state index is 12.1. The Morgan fingerprint density at radius 1 is 1.09 bits per heavy atom. The highest BCUT2D eigenvalue weighted by molar-refractivity contribution is 7.22. The van der Waals surface area contributed by atoms with E-state index in [0.29, 0.717) is 11.6 Å². The molecule has 3 nitrogen and oxygen atoms in total. The van der Waals surface area contributed by atoms with E-state index >= 15 is 0 Å². The second-order valence-electron chi connectivity index (χ2n) is 5.63. The van der Waals surface area contributed by atoms with E-state index in [1.54, 1.807) is 0 Å². The van der Waals surface area contributed by atoms with Gasteiger partial charge in [0, 0.05) is 0 Å². The molecule has 0 aliphatic carbocycles. The second-order valence-corrected chi connectivity index (χ2v) is 6.66. The molecule has 0 aliphatic heterocycles. The monoisotopic (exact) mass is 310 g/mol. The molecule has 2 aromatic carbocycles. The molecule has 0 radical (unpaired) electrons. The number of rotatable bonds is 3. The number of carbonyl (C=O) groups is 1. The van der Waals surface area contributed by atoms with Gasteiger partial charge in [-0.2, -0.15) is 0 Å². The van der Waals surface area contributed by atoms with E-state index in [2.05, 4.69) is 36.3 Å². The van der Waals surface area contributed by atoms with Gasteiger partial charge in [-0.1, -0.05) is 41.2 Å². The molecule has 1 amide bonds. The van der Waals surface area contributed by atoms with Gasteiger partial charge in [0.2, 0.25) is 5.91 Å². The minimum absolute atomic E-state index is 0.0312. The van der Waals surface area contributed by atoms with Crippen LogP contribution in [0, 0.1) is 20.8 Å². The van der Waals surface area contributed by atoms with Crippen molar-refractivity contribution in [2.24, 2.45) is 0 Å². The van der Waals surface area contributed by atoms with Gasteiger partial charge in [-0.05, 0) is 49.6 Å². The highest BCUT2D eigenvalue weighted by atomic mass is 32.1. The minimum Gasteiger partial charge on any atom is -0.302 e. The number of amides is 1. The average Bonchev–Trinajstić information content (AvgIpc) is 2.83. The Morgan fingerprint density at radius 2 is 1.77 bits per heavy atom. The van der Waals surface area contributed by atoms with Gasteiger partial charge in [-0.15, -0.1) is 0 Å². The Bertz CT molecular complexity index is 795. The lowest BCUT2D eigenvalue weighted by molar-refractivity contribution is -0.115. The Labute approximate surface area is 134 Å². The molecule has 4 heteroatoms. The van der Waals surface area contributed by atoms with E-state index < -0.39 is 0 Å². The van der Waals surface area contributed by atoms with Crippen LogP contribution in [-0.4, -0.2) is 10.9 Å². The standard InChI is InChI=1S/C18H18N2OS/c1-11-4-6-14(7-5-11)10-17(21)20-18-19-15-8-12(2)13(3)9-16(15)22-18/h4-9H,10H2,1-3H3,(H,19,20,21). The number of anilines is 1. The average molecular weight is 310 g/mol. The van der Waals surface area contributed by atoms with Gasteiger partial charge in [0.05, 0.1) is 16.6 Å². The van der Waals surface area contributed by atoms with E-state index in [-0.39, 0.29) is 5.91 Å². The van der Waals surface area contributed by atoms with Crippen LogP contribution in [0.3, 0.4) is 0 Å². The van der Waals surface area contributed by atoms with Gasteiger partial charge in [0.15, 0.2) is 5.13 Å². The molecule has 3 rings (SSSR count). The molecule has 1 aromatic heterocycles. The van der Waals surface area contributed by atoms with Crippen molar-refractivity contribution in [3.8, 4) is 0 Å². The molecule has 0 saturated heterocycles. The van der Waals surface area contributed by atoms with Gasteiger partial charge in [0.25, 0.3) is 0 Å². The molecule has 0 spiro atoms. The van der Waals surface area contributed by atoms with Crippen molar-refractivity contribution in [2.45, 2.75) is 27.2 Å². The van der Waals surface area contributed by atoms with Crippen LogP contribution in [0.4, 0.5) is 5.13 Å². The lowest BCUT2D eigenvalue weighted by atomic mass is 10.1. The quantitative estimate of drug-likeness (QED) is 0.779. The lowest BCUT2D eigenvalue weighted by Crippen LogP contribution is -2.14. The van der Waals surface area contributed by atoms with Crippen LogP contribution in [0.1, 0.15) is 22.3 Å². The van der Waals surface area contributed by atoms with Crippen molar-refractivity contribution in [1.82, 2.24) is 4.98 Å². The highest BCUT2D eigenvalue weighted by Crippen LogP contribution is 2.28. The largest absolute Gasteiger partial charge is 0.302 e. The van der Waals surface area contributed by atoms with Crippen molar-refractivity contribution in [3.05, 3.63) is 58.7 Å². The number of hydrogen-bond donors (Lipinski definition) is 1. The number of thiazole rings is 1. The number of fused-ring (bicyclic) bond motifs is 1. The lowest BCUT2D eigenvalue weighted by Gasteiger charge is -2.02. The molecule has 0 unspecified atom stereocenters. The molecule has 0 fully saturated rings. The maximum Gasteiger partial charge on any atom is 0.230 e. The molecular weight excluding hydrogens is 292 g/mol. The van der Waals surface area contributed by atoms with Gasteiger partial charge in [-0.25, -0.2) is 4.98 Å². The van der Waals surface area contributed by atoms with Crippen LogP contribution >= 0.6 is 11.3 Å². The highest BCUT2D eigenvalue weighted by Gasteiger charge is 2.09. The zero-order valence-corrected chi connectivity index (χ0v) is 13.8. The summed E-state index contributed by atoms with van der Waals surface area (Å²) in [5.74, 6) is -0.0312. The molecule has 0 bridgehead atoms. The number of hydrogen-bond acceptors (Lipinski definition) is 3. The first-order chi connectivity index (χ1) is 10.5. The van der Waals surface area contributed by atoms with Crippen molar-refractivity contribution in [1.29, 1.82) is 0 Å². The summed E-state index contributed by atoms with van der Waals surface area (Å²) in [6.07, 6.45) is 0.369. The molecule has 0 aliphatic rings. The minimum atomic E-state index is -0.0312. The fraction of sp³-hybridized carbons (Fsp3) is 0.222. The number of nitrogens with zero attached hydrogens (tertiary/aromatic N) is 1. The van der Waals surface area contributed by atoms with Crippen molar-refractivity contribution in [2.75, 3.05) is 5.32 Å². The summed E-state index contributed by atoms with van der Waals surface area (Å²) in [7, 11) is 0. The van der Waals surface area contributed by atoms with E-state index in [0.717, 1.165) is 15.8 Å². The molecule has 1 heterocycles. The molecule has 22 heavy (non-hydrogen) atoms. The Kier molecular flexibility index (Phi) is 3.94. The number of aryl methyl sites for hydroxylation is 3. The molecule has 1 N–H and O–H groups in total. The SMILES string of the molecule is Cc1ccc(CC(=O)Nc2nc3cc(C)c(C)cc3s2)cc1. The third-order valence-electron chi connectivity index (χ3n) is 3.74. The molecular formula is C18H18N2OS. The summed E-state index contributed by atoms with van der Waals surface area (Å²) in [6, 6.07) is 12.2. The van der Waals surface area contributed by atoms with Crippen molar-refractivity contribution in [3.63, 3.8) is 0 Å². The van der Waals surface area contributed by atoms with Gasteiger partial charge in [-0.3, -0.25) is 4.79 Å². The molecule has 112 valence electrons. The topological polar surface area (TPSA) is 42.0 Å². The number of nitrogens with one attached hydrogen (secondary N) is 1. The van der Waals surface area contributed by atoms with Crippen molar-refractivity contribution < 1.29 is 4.79 Å². The summed E-state index contributed by atoms with van der Waals surface area (Å²) in [6.45, 7) is 6.20. The first-order valence-electron chi connectivity index (χ1n) is 7.24. The first kappa shape index (κ1) is 14.7. The third kappa shape index (κ3) is 3.17. The van der Waals surface area contributed by atoms with Crippen LogP contribution in [0.2, 0.25) is 0 Å². The van der Waals surface area contributed by atoms with Crippen LogP contribution in [-0.2, 0) is 11.2 Å². The van der Waals surface area contributed by atoms with E-state index in [9.17, 15) is 4.79 Å². The molecule has 0 saturated carbocycles. The second kappa shape index (κ2) is 5.89. The van der Waals surface area contributed by atoms with E-state index in [4.69, 9.17) is 0 Å². The fourth-order valence-corrected chi connectivity index (χ4v) is 3.25. The summed E-state index contributed by atoms with van der Waals surface area (Å²) in [5, 5.41) is 3.57. The van der Waals surface area contributed by atoms with Gasteiger partial charge in [0.1, 0.15) is 0 Å². The summed E-state index contributed by atoms with van der Waals surface area (Å²) >= 11 is 1.52. The Hall–Kier alpha value is -2.20. The van der Waals surface area contributed by atoms with Crippen molar-refractivity contribution >= 4 is 32.6 Å².